The average Bonchev–Trinajstić information content (AvgIpc) is 0.872. The van der Waals surface area contributed by atoms with Crippen molar-refractivity contribution in [3.63, 3.8) is 0 Å². The van der Waals surface area contributed by atoms with E-state index in [-0.39, 0.29) is 130 Å². The van der Waals surface area contributed by atoms with Gasteiger partial charge in [0, 0.05) is 58.7 Å². The molecule has 2 amide bonds. The molecule has 794 valence electrons. The van der Waals surface area contributed by atoms with E-state index >= 15 is 0 Å². The van der Waals surface area contributed by atoms with Crippen molar-refractivity contribution in [2.45, 2.75) is 123 Å². The molecule has 1 unspecified atom stereocenters. The first-order chi connectivity index (χ1) is 64.4. The molecule has 0 aromatic rings. The van der Waals surface area contributed by atoms with Crippen molar-refractivity contribution in [3.05, 3.63) is 0 Å². The van der Waals surface area contributed by atoms with Crippen molar-refractivity contribution in [2.24, 2.45) is 0 Å². The summed E-state index contributed by atoms with van der Waals surface area (Å²) in [6.45, 7) is 11.4. The normalized spacial score (nSPS) is 16.0. The number of nitrogens with one attached hydrogen (secondary N) is 2. The maximum absolute atomic E-state index is 12.5. The van der Waals surface area contributed by atoms with Crippen molar-refractivity contribution in [2.75, 3.05) is 389 Å². The Balaban J connectivity index is 3.61. The van der Waals surface area contributed by atoms with Crippen molar-refractivity contribution >= 4 is 17.6 Å². The number of carbonyl (C=O) groups excluding carboxylic acids is 3. The van der Waals surface area contributed by atoms with E-state index in [1.54, 1.807) is 0 Å². The van der Waals surface area contributed by atoms with Crippen LogP contribution in [-0.2, 0) is 128 Å². The second-order valence-corrected chi connectivity index (χ2v) is 29.4. The van der Waals surface area contributed by atoms with Crippen LogP contribution in [0.4, 0.5) is 0 Å². The predicted octanol–water partition coefficient (Wildman–Crippen LogP) is -13.3. The Bertz CT molecular complexity index is 2450. The third-order valence-corrected chi connectivity index (χ3v) is 18.6. The summed E-state index contributed by atoms with van der Waals surface area (Å²) in [6, 6.07) is -0.904. The van der Waals surface area contributed by atoms with Gasteiger partial charge in [0.05, 0.1) is 368 Å². The van der Waals surface area contributed by atoms with E-state index in [0.29, 0.717) is 231 Å². The third kappa shape index (κ3) is 77.2. The summed E-state index contributed by atoms with van der Waals surface area (Å²) in [5.74, 6) is -1.07. The molecule has 0 fully saturated rings. The number of amides is 2. The SMILES string of the molecule is CC(=O)C(CNC(=O)CCOCCOCCOCCOCCOCCOCCOCCOCCOCCOCCOCCOCCN(C[C@H](O)[C@@H](O)[C@H](O)[C@H](O)CO)C[C@H](O)[C@@H](O)[C@H](O)[C@H](O)CO)NC(=O)CCOCCOCCOCCOCCOCCOCCOCCOCCOCCOCCOCCOCCN(C[C@H](O)[C@@H](O)[C@H](O)[C@H](O)CO)C[C@H](O)[C@@H](O)[C@H](O)[C@H](O)CO. The molecule has 22 N–H and O–H groups in total. The van der Waals surface area contributed by atoms with Crippen LogP contribution in [0, 0.1) is 0 Å². The van der Waals surface area contributed by atoms with E-state index < -0.39 is 162 Å². The Morgan fingerprint density at radius 2 is 0.353 bits per heavy atom. The quantitative estimate of drug-likeness (QED) is 0.0251. The Kier molecular flexibility index (Phi) is 91.4. The molecule has 0 radical (unpaired) electrons. The number of nitrogens with zero attached hydrogens (tertiary/aromatic N) is 2. The Labute approximate surface area is 778 Å². The molecule has 0 aliphatic rings. The molecule has 51 heteroatoms. The first kappa shape index (κ1) is 130. The molecule has 0 saturated carbocycles. The van der Waals surface area contributed by atoms with Gasteiger partial charge in [0.2, 0.25) is 11.8 Å². The van der Waals surface area contributed by atoms with E-state index in [0.717, 1.165) is 0 Å². The first-order valence-corrected chi connectivity index (χ1v) is 45.1. The minimum absolute atomic E-state index is 0.00569. The summed E-state index contributed by atoms with van der Waals surface area (Å²) in [6.07, 6.45) is -28.8. The van der Waals surface area contributed by atoms with Gasteiger partial charge in [0.1, 0.15) is 79.3 Å². The number of ketones is 1. The number of carbonyl (C=O) groups is 3. The topological polar surface area (TPSA) is 708 Å². The van der Waals surface area contributed by atoms with E-state index in [4.69, 9.17) is 134 Å². The summed E-state index contributed by atoms with van der Waals surface area (Å²) in [7, 11) is 0. The molecule has 0 aromatic carbocycles. The second kappa shape index (κ2) is 93.7. The van der Waals surface area contributed by atoms with Crippen LogP contribution in [-0.4, -0.2) is 623 Å². The van der Waals surface area contributed by atoms with Gasteiger partial charge in [0.15, 0.2) is 5.78 Å². The largest absolute Gasteiger partial charge is 0.394 e. The van der Waals surface area contributed by atoms with E-state index in [2.05, 4.69) is 10.6 Å². The monoisotopic (exact) mass is 1960 g/mol. The van der Waals surface area contributed by atoms with Crippen LogP contribution in [0.25, 0.3) is 0 Å². The lowest BCUT2D eigenvalue weighted by Gasteiger charge is -2.33. The maximum Gasteiger partial charge on any atom is 0.222 e. The highest BCUT2D eigenvalue weighted by atomic mass is 16.6. The van der Waals surface area contributed by atoms with Gasteiger partial charge in [0.25, 0.3) is 0 Å². The van der Waals surface area contributed by atoms with Gasteiger partial charge in [-0.1, -0.05) is 0 Å². The van der Waals surface area contributed by atoms with Gasteiger partial charge in [-0.3, -0.25) is 24.2 Å². The highest BCUT2D eigenvalue weighted by Crippen LogP contribution is 2.14. The number of Topliss-reactive ketones (excluding diaryl/α,β-unsaturated/α-hetero) is 1. The molecular weight excluding hydrogens is 1790 g/mol. The zero-order valence-electron chi connectivity index (χ0n) is 77.3. The number of hydrogen-bond acceptors (Lipinski definition) is 49. The van der Waals surface area contributed by atoms with Crippen molar-refractivity contribution in [1.82, 2.24) is 20.4 Å². The molecule has 0 spiro atoms. The Morgan fingerprint density at radius 1 is 0.211 bits per heavy atom. The fourth-order valence-electron chi connectivity index (χ4n) is 10.9. The fraction of sp³-hybridized carbons (Fsp3) is 0.963. The highest BCUT2D eigenvalue weighted by molar-refractivity contribution is 5.88. The lowest BCUT2D eigenvalue weighted by molar-refractivity contribution is -0.131. The van der Waals surface area contributed by atoms with Gasteiger partial charge in [-0.05, 0) is 6.92 Å². The number of rotatable bonds is 106. The average molecular weight is 1960 g/mol. The van der Waals surface area contributed by atoms with Crippen LogP contribution in [0.15, 0.2) is 0 Å². The zero-order valence-corrected chi connectivity index (χ0v) is 77.3. The highest BCUT2D eigenvalue weighted by Gasteiger charge is 2.37. The van der Waals surface area contributed by atoms with Gasteiger partial charge >= 0.3 is 0 Å². The van der Waals surface area contributed by atoms with Crippen LogP contribution in [0.3, 0.4) is 0 Å². The number of hydrogen-bond donors (Lipinski definition) is 22. The molecule has 0 rings (SSSR count). The Hall–Kier alpha value is -3.23. The molecule has 17 atom stereocenters. The maximum atomic E-state index is 12.5. The standard InChI is InChI=1S/C82H164N4O47/c1-63(91)64(84-74(101)3-7-111-11-15-115-19-23-119-27-31-123-35-39-127-43-47-131-51-53-133-49-45-129-41-37-125-33-29-121-25-21-117-17-13-113-9-5-86(57-67(94)77(104)81(108)71(98)61-89)58-68(95)78(105)82(109)72(99)62-90)54-83-73(100)2-6-110-10-14-114-18-22-118-26-30-122-34-38-126-42-46-130-50-52-132-48-44-128-40-36-124-32-28-120-24-20-116-16-12-112-8-4-85(55-65(92)75(102)79(106)69(96)59-87)56-66(93)76(103)80(107)70(97)60-88/h64-72,75-82,87-90,92-99,102-109H,2-62H2,1H3,(H,83,100)(H,84,101)/t64?,65-,66-,67-,68-,69+,70+,71+,72+,75+,76+,77+,78+,79+,80+,81+,82+/m0/s1. The molecule has 0 aromatic heterocycles. The molecule has 0 aliphatic heterocycles. The predicted molar refractivity (Wildman–Crippen MR) is 462 cm³/mol. The zero-order chi connectivity index (χ0) is 98.2. The summed E-state index contributed by atoms with van der Waals surface area (Å²) >= 11 is 0. The van der Waals surface area contributed by atoms with Crippen LogP contribution in [0.5, 0.6) is 0 Å². The number of ether oxygens (including phenoxy) is 24. The first-order valence-electron chi connectivity index (χ1n) is 45.1. The smallest absolute Gasteiger partial charge is 0.222 e. The fourth-order valence-corrected chi connectivity index (χ4v) is 10.9. The minimum Gasteiger partial charge on any atom is -0.394 e. The molecule has 133 heavy (non-hydrogen) atoms. The van der Waals surface area contributed by atoms with Crippen LogP contribution in [0.2, 0.25) is 0 Å². The molecule has 51 nitrogen and oxygen atoms in total. The van der Waals surface area contributed by atoms with Crippen molar-refractivity contribution < 1.29 is 230 Å². The lowest BCUT2D eigenvalue weighted by atomic mass is 10.0. The molecule has 0 heterocycles. The molecular formula is C82H164N4O47. The molecule has 0 bridgehead atoms. The minimum atomic E-state index is -1.90. The summed E-state index contributed by atoms with van der Waals surface area (Å²) in [4.78, 5) is 39.7. The molecule has 0 saturated heterocycles. The Morgan fingerprint density at radius 3 is 0.511 bits per heavy atom. The van der Waals surface area contributed by atoms with Gasteiger partial charge in [-0.15, -0.1) is 0 Å². The molecule has 0 aliphatic carbocycles. The van der Waals surface area contributed by atoms with Crippen molar-refractivity contribution in [1.29, 1.82) is 0 Å². The van der Waals surface area contributed by atoms with Crippen molar-refractivity contribution in [3.8, 4) is 0 Å². The van der Waals surface area contributed by atoms with Crippen LogP contribution >= 0.6 is 0 Å². The summed E-state index contributed by atoms with van der Waals surface area (Å²) in [5, 5.41) is 203. The number of aliphatic hydroxyl groups excluding tert-OH is 20. The summed E-state index contributed by atoms with van der Waals surface area (Å²) < 4.78 is 132. The lowest BCUT2D eigenvalue weighted by Crippen LogP contribution is -2.53. The van der Waals surface area contributed by atoms with Gasteiger partial charge in [-0.25, -0.2) is 0 Å². The third-order valence-electron chi connectivity index (χ3n) is 18.6. The van der Waals surface area contributed by atoms with E-state index in [1.807, 2.05) is 0 Å². The number of aliphatic hydroxyl groups is 20. The second-order valence-electron chi connectivity index (χ2n) is 29.4. The van der Waals surface area contributed by atoms with Gasteiger partial charge in [-0.2, -0.15) is 0 Å². The van der Waals surface area contributed by atoms with Crippen LogP contribution < -0.4 is 10.6 Å². The summed E-state index contributed by atoms with van der Waals surface area (Å²) in [5.41, 5.74) is 0. The van der Waals surface area contributed by atoms with Crippen LogP contribution in [0.1, 0.15) is 19.8 Å². The van der Waals surface area contributed by atoms with Gasteiger partial charge < -0.3 is 226 Å². The van der Waals surface area contributed by atoms with E-state index in [9.17, 15) is 96.1 Å². The van der Waals surface area contributed by atoms with E-state index in [1.165, 1.54) is 16.7 Å².